The molecule has 0 aliphatic carbocycles. The van der Waals surface area contributed by atoms with Gasteiger partial charge in [0.1, 0.15) is 6.04 Å². The number of benzene rings is 1. The summed E-state index contributed by atoms with van der Waals surface area (Å²) < 4.78 is 23.3. The molecule has 1 atom stereocenters. The van der Waals surface area contributed by atoms with Gasteiger partial charge in [-0.3, -0.25) is 4.79 Å². The zero-order chi connectivity index (χ0) is 14.8. The molecular formula is C10H14BNO6S. The molecular weight excluding hydrogens is 273 g/mol. The predicted molar refractivity (Wildman–Crippen MR) is 68.7 cm³/mol. The Morgan fingerprint density at radius 2 is 2.00 bits per heavy atom. The van der Waals surface area contributed by atoms with Gasteiger partial charge in [0.05, 0.1) is 4.90 Å². The highest BCUT2D eigenvalue weighted by molar-refractivity contribution is 7.90. The molecule has 1 aromatic carbocycles. The standard InChI is InChI=1S/C10H14BNO6S/c1-19(17,18)9-5-7(11(15)16)3-2-6(9)4-8(12)10(13)14/h2-3,5,8,15-16H,4,12H2,1H3,(H,13,14)/t8-/m0/s1. The van der Waals surface area contributed by atoms with E-state index in [1.807, 2.05) is 0 Å². The molecule has 0 unspecified atom stereocenters. The van der Waals surface area contributed by atoms with Crippen LogP contribution >= 0.6 is 0 Å². The Balaban J connectivity index is 3.28. The smallest absolute Gasteiger partial charge is 0.480 e. The topological polar surface area (TPSA) is 138 Å². The highest BCUT2D eigenvalue weighted by Gasteiger charge is 2.21. The summed E-state index contributed by atoms with van der Waals surface area (Å²) in [4.78, 5) is 10.5. The van der Waals surface area contributed by atoms with Crippen LogP contribution in [0.3, 0.4) is 0 Å². The maximum atomic E-state index is 11.6. The van der Waals surface area contributed by atoms with Gasteiger partial charge in [0, 0.05) is 6.26 Å². The molecule has 104 valence electrons. The van der Waals surface area contributed by atoms with Crippen LogP contribution in [0.4, 0.5) is 0 Å². The van der Waals surface area contributed by atoms with Crippen LogP contribution in [0.2, 0.25) is 0 Å². The SMILES string of the molecule is CS(=O)(=O)c1cc(B(O)O)ccc1C[C@H](N)C(=O)O. The number of sulfone groups is 1. The summed E-state index contributed by atoms with van der Waals surface area (Å²) in [7, 11) is -5.43. The third-order valence-electron chi connectivity index (χ3n) is 2.55. The maximum absolute atomic E-state index is 11.6. The number of aliphatic carboxylic acids is 1. The molecule has 0 radical (unpaired) electrons. The highest BCUT2D eigenvalue weighted by Crippen LogP contribution is 2.16. The molecule has 0 saturated heterocycles. The van der Waals surface area contributed by atoms with Crippen LogP contribution < -0.4 is 11.2 Å². The number of carbonyl (C=O) groups is 1. The van der Waals surface area contributed by atoms with E-state index in [1.54, 1.807) is 0 Å². The van der Waals surface area contributed by atoms with Crippen LogP contribution in [-0.2, 0) is 21.1 Å². The molecule has 1 aromatic rings. The monoisotopic (exact) mass is 287 g/mol. The molecule has 0 fully saturated rings. The first kappa shape index (κ1) is 15.6. The summed E-state index contributed by atoms with van der Waals surface area (Å²) in [6, 6.07) is 2.51. The Hall–Kier alpha value is -1.42. The second-order valence-electron chi connectivity index (χ2n) is 4.16. The minimum absolute atomic E-state index is 0.00747. The van der Waals surface area contributed by atoms with Gasteiger partial charge in [-0.2, -0.15) is 0 Å². The molecule has 0 aliphatic heterocycles. The summed E-state index contributed by atoms with van der Waals surface area (Å²) in [6.07, 6.45) is 0.783. The summed E-state index contributed by atoms with van der Waals surface area (Å²) in [5.74, 6) is -1.24. The van der Waals surface area contributed by atoms with Crippen molar-refractivity contribution < 1.29 is 28.4 Å². The number of hydrogen-bond donors (Lipinski definition) is 4. The van der Waals surface area contributed by atoms with E-state index >= 15 is 0 Å². The molecule has 0 aliphatic rings. The maximum Gasteiger partial charge on any atom is 0.488 e. The minimum Gasteiger partial charge on any atom is -0.480 e. The third kappa shape index (κ3) is 4.03. The fourth-order valence-corrected chi connectivity index (χ4v) is 2.55. The molecule has 7 nitrogen and oxygen atoms in total. The van der Waals surface area contributed by atoms with Gasteiger partial charge in [-0.25, -0.2) is 8.42 Å². The van der Waals surface area contributed by atoms with Gasteiger partial charge < -0.3 is 20.9 Å². The van der Waals surface area contributed by atoms with Crippen LogP contribution in [0, 0.1) is 0 Å². The van der Waals surface area contributed by atoms with Crippen molar-refractivity contribution in [1.82, 2.24) is 0 Å². The van der Waals surface area contributed by atoms with Crippen molar-refractivity contribution in [3.63, 3.8) is 0 Å². The zero-order valence-electron chi connectivity index (χ0n) is 10.1. The third-order valence-corrected chi connectivity index (χ3v) is 3.72. The van der Waals surface area contributed by atoms with E-state index in [2.05, 4.69) is 0 Å². The molecule has 19 heavy (non-hydrogen) atoms. The first-order valence-electron chi connectivity index (χ1n) is 5.30. The summed E-state index contributed by atoms with van der Waals surface area (Å²) >= 11 is 0. The number of nitrogens with two attached hydrogens (primary N) is 1. The van der Waals surface area contributed by atoms with Gasteiger partial charge in [-0.1, -0.05) is 12.1 Å². The first-order chi connectivity index (χ1) is 8.62. The van der Waals surface area contributed by atoms with Crippen molar-refractivity contribution in [2.75, 3.05) is 6.26 Å². The van der Waals surface area contributed by atoms with Crippen LogP contribution in [0.1, 0.15) is 5.56 Å². The van der Waals surface area contributed by atoms with Gasteiger partial charge >= 0.3 is 13.1 Å². The summed E-state index contributed by atoms with van der Waals surface area (Å²) in [6.45, 7) is 0. The van der Waals surface area contributed by atoms with Crippen molar-refractivity contribution in [2.24, 2.45) is 5.73 Å². The minimum atomic E-state index is -3.63. The molecule has 9 heteroatoms. The number of rotatable bonds is 5. The fraction of sp³-hybridized carbons (Fsp3) is 0.300. The number of hydrogen-bond acceptors (Lipinski definition) is 6. The lowest BCUT2D eigenvalue weighted by Gasteiger charge is -2.12. The molecule has 0 heterocycles. The average Bonchev–Trinajstić information content (AvgIpc) is 2.27. The van der Waals surface area contributed by atoms with Crippen molar-refractivity contribution in [1.29, 1.82) is 0 Å². The molecule has 0 bridgehead atoms. The van der Waals surface area contributed by atoms with Gasteiger partial charge in [-0.15, -0.1) is 0 Å². The lowest BCUT2D eigenvalue weighted by atomic mass is 9.80. The zero-order valence-corrected chi connectivity index (χ0v) is 11.0. The van der Waals surface area contributed by atoms with E-state index in [0.29, 0.717) is 0 Å². The Morgan fingerprint density at radius 1 is 1.42 bits per heavy atom. The van der Waals surface area contributed by atoms with E-state index in [4.69, 9.17) is 20.9 Å². The fourth-order valence-electron chi connectivity index (χ4n) is 1.57. The van der Waals surface area contributed by atoms with Crippen LogP contribution in [-0.4, -0.2) is 49.0 Å². The van der Waals surface area contributed by atoms with Crippen LogP contribution in [0.25, 0.3) is 0 Å². The molecule has 0 spiro atoms. The lowest BCUT2D eigenvalue weighted by molar-refractivity contribution is -0.138. The van der Waals surface area contributed by atoms with E-state index in [0.717, 1.165) is 12.3 Å². The normalized spacial score (nSPS) is 13.1. The van der Waals surface area contributed by atoms with Gasteiger partial charge in [-0.05, 0) is 23.5 Å². The summed E-state index contributed by atoms with van der Waals surface area (Å²) in [5, 5.41) is 26.8. The molecule has 0 aromatic heterocycles. The molecule has 5 N–H and O–H groups in total. The second-order valence-corrected chi connectivity index (χ2v) is 6.15. The first-order valence-corrected chi connectivity index (χ1v) is 7.19. The number of carboxylic acids is 1. The van der Waals surface area contributed by atoms with Crippen molar-refractivity contribution in [2.45, 2.75) is 17.4 Å². The van der Waals surface area contributed by atoms with E-state index in [9.17, 15) is 13.2 Å². The van der Waals surface area contributed by atoms with Crippen LogP contribution in [0.15, 0.2) is 23.1 Å². The number of carboxylic acid groups (broad SMARTS) is 1. The second kappa shape index (κ2) is 5.70. The molecule has 0 amide bonds. The Morgan fingerprint density at radius 3 is 2.42 bits per heavy atom. The van der Waals surface area contributed by atoms with Gasteiger partial charge in [0.25, 0.3) is 0 Å². The molecule has 1 rings (SSSR count). The van der Waals surface area contributed by atoms with E-state index in [1.165, 1.54) is 12.1 Å². The lowest BCUT2D eigenvalue weighted by Crippen LogP contribution is -2.34. The van der Waals surface area contributed by atoms with Crippen molar-refractivity contribution in [3.05, 3.63) is 23.8 Å². The largest absolute Gasteiger partial charge is 0.488 e. The van der Waals surface area contributed by atoms with Gasteiger partial charge in [0.2, 0.25) is 0 Å². The predicted octanol–water partition coefficient (Wildman–Crippen LogP) is -2.28. The summed E-state index contributed by atoms with van der Waals surface area (Å²) in [5.41, 5.74) is 5.60. The van der Waals surface area contributed by atoms with E-state index < -0.39 is 29.0 Å². The average molecular weight is 287 g/mol. The van der Waals surface area contributed by atoms with Gasteiger partial charge in [0.15, 0.2) is 9.84 Å². The Labute approximate surface area is 110 Å². The van der Waals surface area contributed by atoms with E-state index in [-0.39, 0.29) is 22.3 Å². The Bertz CT molecular complexity index is 586. The van der Waals surface area contributed by atoms with Crippen molar-refractivity contribution >= 4 is 28.4 Å². The quantitative estimate of drug-likeness (QED) is 0.448. The van der Waals surface area contributed by atoms with Crippen molar-refractivity contribution in [3.8, 4) is 0 Å². The molecule has 0 saturated carbocycles. The Kier molecular flexibility index (Phi) is 4.69. The highest BCUT2D eigenvalue weighted by atomic mass is 32.2. The van der Waals surface area contributed by atoms with Crippen LogP contribution in [0.5, 0.6) is 0 Å².